The lowest BCUT2D eigenvalue weighted by atomic mass is 10.1. The summed E-state index contributed by atoms with van der Waals surface area (Å²) in [4.78, 5) is 4.01. The number of hydrogen-bond donors (Lipinski definition) is 1. The Morgan fingerprint density at radius 1 is 1.12 bits per heavy atom. The van der Waals surface area contributed by atoms with Crippen LogP contribution in [0.5, 0.6) is 0 Å². The van der Waals surface area contributed by atoms with E-state index in [-0.39, 0.29) is 0 Å². The fourth-order valence-corrected chi connectivity index (χ4v) is 2.23. The first kappa shape index (κ1) is 14.0. The third kappa shape index (κ3) is 2.57. The SMILES string of the molecule is Cc1ccc2c(Nc3ncco3)noc2c1C#Cc1cccnn1. The van der Waals surface area contributed by atoms with Crippen LogP contribution in [0.2, 0.25) is 0 Å². The average molecular weight is 317 g/mol. The number of anilines is 2. The van der Waals surface area contributed by atoms with E-state index in [1.54, 1.807) is 24.5 Å². The largest absolute Gasteiger partial charge is 0.432 e. The highest BCUT2D eigenvalue weighted by atomic mass is 16.5. The van der Waals surface area contributed by atoms with Crippen LogP contribution < -0.4 is 5.32 Å². The third-order valence-electron chi connectivity index (χ3n) is 3.39. The number of aromatic nitrogens is 4. The van der Waals surface area contributed by atoms with Crippen LogP contribution in [-0.2, 0) is 0 Å². The number of nitrogens with zero attached hydrogens (tertiary/aromatic N) is 4. The van der Waals surface area contributed by atoms with Crippen molar-refractivity contribution in [2.75, 3.05) is 5.32 Å². The molecular weight excluding hydrogens is 306 g/mol. The van der Waals surface area contributed by atoms with Crippen LogP contribution in [0.3, 0.4) is 0 Å². The molecule has 0 amide bonds. The molecule has 4 aromatic rings. The maximum Gasteiger partial charge on any atom is 0.300 e. The van der Waals surface area contributed by atoms with Crippen molar-refractivity contribution < 1.29 is 8.94 Å². The van der Waals surface area contributed by atoms with Crippen molar-refractivity contribution in [2.24, 2.45) is 0 Å². The Morgan fingerprint density at radius 2 is 2.08 bits per heavy atom. The van der Waals surface area contributed by atoms with Gasteiger partial charge in [-0.25, -0.2) is 4.98 Å². The maximum atomic E-state index is 5.48. The van der Waals surface area contributed by atoms with Crippen LogP contribution in [0.25, 0.3) is 11.0 Å². The Bertz CT molecular complexity index is 1040. The van der Waals surface area contributed by atoms with E-state index in [2.05, 4.69) is 37.5 Å². The van der Waals surface area contributed by atoms with Gasteiger partial charge < -0.3 is 8.94 Å². The molecule has 24 heavy (non-hydrogen) atoms. The van der Waals surface area contributed by atoms with E-state index in [4.69, 9.17) is 8.94 Å². The van der Waals surface area contributed by atoms with E-state index in [9.17, 15) is 0 Å². The van der Waals surface area contributed by atoms with Crippen molar-refractivity contribution in [2.45, 2.75) is 6.92 Å². The van der Waals surface area contributed by atoms with Crippen LogP contribution in [0.4, 0.5) is 11.8 Å². The Morgan fingerprint density at radius 3 is 2.88 bits per heavy atom. The Balaban J connectivity index is 1.77. The summed E-state index contributed by atoms with van der Waals surface area (Å²) in [6.45, 7) is 1.96. The lowest BCUT2D eigenvalue weighted by Crippen LogP contribution is -1.91. The maximum absolute atomic E-state index is 5.48. The predicted octanol–water partition coefficient (Wildman–Crippen LogP) is 3.06. The van der Waals surface area contributed by atoms with E-state index in [0.717, 1.165) is 16.5 Å². The fourth-order valence-electron chi connectivity index (χ4n) is 2.23. The molecule has 7 nitrogen and oxygen atoms in total. The lowest BCUT2D eigenvalue weighted by Gasteiger charge is -1.99. The van der Waals surface area contributed by atoms with Crippen molar-refractivity contribution in [3.63, 3.8) is 0 Å². The van der Waals surface area contributed by atoms with Gasteiger partial charge in [0.15, 0.2) is 11.4 Å². The number of benzene rings is 1. The number of aryl methyl sites for hydroxylation is 1. The number of rotatable bonds is 2. The number of nitrogens with one attached hydrogen (secondary N) is 1. The van der Waals surface area contributed by atoms with Crippen molar-refractivity contribution >= 4 is 22.8 Å². The van der Waals surface area contributed by atoms with Gasteiger partial charge in [-0.05, 0) is 36.6 Å². The van der Waals surface area contributed by atoms with Crippen LogP contribution >= 0.6 is 0 Å². The average Bonchev–Trinajstić information content (AvgIpc) is 3.26. The molecule has 0 atom stereocenters. The third-order valence-corrected chi connectivity index (χ3v) is 3.39. The van der Waals surface area contributed by atoms with Gasteiger partial charge in [0, 0.05) is 6.20 Å². The minimum atomic E-state index is 0.345. The Hall–Kier alpha value is -3.66. The lowest BCUT2D eigenvalue weighted by molar-refractivity contribution is 0.458. The van der Waals surface area contributed by atoms with Gasteiger partial charge in [0.05, 0.1) is 17.1 Å². The molecule has 0 saturated carbocycles. The molecule has 1 N–H and O–H groups in total. The monoisotopic (exact) mass is 317 g/mol. The minimum Gasteiger partial charge on any atom is -0.432 e. The van der Waals surface area contributed by atoms with Crippen LogP contribution in [0.15, 0.2) is 51.9 Å². The van der Waals surface area contributed by atoms with Gasteiger partial charge in [-0.2, -0.15) is 5.10 Å². The summed E-state index contributed by atoms with van der Waals surface area (Å²) in [5, 5.41) is 15.6. The molecular formula is C17H11N5O2. The van der Waals surface area contributed by atoms with Gasteiger partial charge in [0.25, 0.3) is 6.01 Å². The van der Waals surface area contributed by atoms with Crippen LogP contribution in [-0.4, -0.2) is 20.3 Å². The predicted molar refractivity (Wildman–Crippen MR) is 86.5 cm³/mol. The molecule has 1 aromatic carbocycles. The highest BCUT2D eigenvalue weighted by Gasteiger charge is 2.14. The molecule has 0 saturated heterocycles. The summed E-state index contributed by atoms with van der Waals surface area (Å²) in [5.41, 5.74) is 2.93. The van der Waals surface area contributed by atoms with Crippen molar-refractivity contribution in [3.8, 4) is 11.8 Å². The van der Waals surface area contributed by atoms with Crippen molar-refractivity contribution in [1.82, 2.24) is 20.3 Å². The molecule has 116 valence electrons. The molecule has 4 rings (SSSR count). The second-order valence-corrected chi connectivity index (χ2v) is 4.99. The van der Waals surface area contributed by atoms with E-state index in [1.165, 1.54) is 6.26 Å². The highest BCUT2D eigenvalue weighted by molar-refractivity contribution is 5.93. The standard InChI is InChI=1S/C17H11N5O2/c1-11-4-6-14-15(13(11)7-5-12-3-2-8-19-21-12)24-22-16(14)20-17-18-9-10-23-17/h2-4,6,8-10H,1H3,(H,18,20,22). The molecule has 0 radical (unpaired) electrons. The summed E-state index contributed by atoms with van der Waals surface area (Å²) < 4.78 is 10.6. The van der Waals surface area contributed by atoms with Gasteiger partial charge in [-0.1, -0.05) is 17.1 Å². The summed E-state index contributed by atoms with van der Waals surface area (Å²) in [5.74, 6) is 6.60. The Labute approximate surface area is 136 Å². The smallest absolute Gasteiger partial charge is 0.300 e. The van der Waals surface area contributed by atoms with Gasteiger partial charge >= 0.3 is 0 Å². The second kappa shape index (κ2) is 5.85. The highest BCUT2D eigenvalue weighted by Crippen LogP contribution is 2.29. The molecule has 3 heterocycles. The first-order valence-electron chi connectivity index (χ1n) is 7.16. The van der Waals surface area contributed by atoms with E-state index >= 15 is 0 Å². The van der Waals surface area contributed by atoms with Gasteiger partial charge in [0.1, 0.15) is 12.0 Å². The summed E-state index contributed by atoms with van der Waals surface area (Å²) in [6.07, 6.45) is 4.63. The first-order valence-corrected chi connectivity index (χ1v) is 7.16. The van der Waals surface area contributed by atoms with Crippen molar-refractivity contribution in [1.29, 1.82) is 0 Å². The van der Waals surface area contributed by atoms with E-state index < -0.39 is 0 Å². The first-order chi connectivity index (χ1) is 11.8. The zero-order valence-electron chi connectivity index (χ0n) is 12.6. The van der Waals surface area contributed by atoms with Gasteiger partial charge in [-0.3, -0.25) is 5.32 Å². The zero-order chi connectivity index (χ0) is 16.4. The zero-order valence-corrected chi connectivity index (χ0v) is 12.6. The molecule has 0 fully saturated rings. The molecule has 0 aliphatic carbocycles. The van der Waals surface area contributed by atoms with Crippen LogP contribution in [0, 0.1) is 18.8 Å². The van der Waals surface area contributed by atoms with E-state index in [0.29, 0.717) is 23.1 Å². The molecule has 0 aliphatic rings. The number of fused-ring (bicyclic) bond motifs is 1. The normalized spacial score (nSPS) is 10.4. The summed E-state index contributed by atoms with van der Waals surface area (Å²) in [7, 11) is 0. The number of hydrogen-bond acceptors (Lipinski definition) is 7. The second-order valence-electron chi connectivity index (χ2n) is 4.99. The minimum absolute atomic E-state index is 0.345. The summed E-state index contributed by atoms with van der Waals surface area (Å²) in [6, 6.07) is 7.81. The number of oxazole rings is 1. The van der Waals surface area contributed by atoms with Crippen LogP contribution in [0.1, 0.15) is 16.8 Å². The molecule has 0 unspecified atom stereocenters. The summed E-state index contributed by atoms with van der Waals surface area (Å²) >= 11 is 0. The molecule has 3 aromatic heterocycles. The fraction of sp³-hybridized carbons (Fsp3) is 0.0588. The van der Waals surface area contributed by atoms with E-state index in [1.807, 2.05) is 19.1 Å². The molecule has 7 heteroatoms. The quantitative estimate of drug-likeness (QED) is 0.568. The van der Waals surface area contributed by atoms with Gasteiger partial charge in [0.2, 0.25) is 0 Å². The Kier molecular flexibility index (Phi) is 3.41. The van der Waals surface area contributed by atoms with Crippen molar-refractivity contribution in [3.05, 3.63) is 59.7 Å². The van der Waals surface area contributed by atoms with Gasteiger partial charge in [-0.15, -0.1) is 5.10 Å². The molecule has 0 aliphatic heterocycles. The topological polar surface area (TPSA) is 89.9 Å². The molecule has 0 bridgehead atoms. The molecule has 0 spiro atoms.